The summed E-state index contributed by atoms with van der Waals surface area (Å²) >= 11 is 0. The van der Waals surface area contributed by atoms with Crippen molar-refractivity contribution in [2.75, 3.05) is 0 Å². The Balaban J connectivity index is -0.000000101. The van der Waals surface area contributed by atoms with Gasteiger partial charge in [0.1, 0.15) is 0 Å². The Morgan fingerprint density at radius 2 is 1.46 bits per heavy atom. The second-order valence-electron chi connectivity index (χ2n) is 2.76. The molecule has 13 heavy (non-hydrogen) atoms. The van der Waals surface area contributed by atoms with E-state index in [0.29, 0.717) is 0 Å². The molecule has 0 aliphatic rings. The van der Waals surface area contributed by atoms with Crippen LogP contribution in [0.15, 0.2) is 6.07 Å². The third-order valence-corrected chi connectivity index (χ3v) is 2.18. The average molecular weight is 235 g/mol. The predicted molar refractivity (Wildman–Crippen MR) is 53.8 cm³/mol. The summed E-state index contributed by atoms with van der Waals surface area (Å²) in [5.41, 5.74) is 5.75. The van der Waals surface area contributed by atoms with Crippen LogP contribution in [0.3, 0.4) is 0 Å². The zero-order valence-corrected chi connectivity index (χ0v) is 11.8. The Morgan fingerprint density at radius 1 is 1.08 bits per heavy atom. The van der Waals surface area contributed by atoms with Crippen LogP contribution in [0, 0.1) is 42.5 Å². The quantitative estimate of drug-likeness (QED) is 0.454. The van der Waals surface area contributed by atoms with Gasteiger partial charge in [0.2, 0.25) is 0 Å². The Kier molecular flexibility index (Phi) is 16.0. The Bertz CT molecular complexity index is 204. The van der Waals surface area contributed by atoms with Crippen molar-refractivity contribution in [1.82, 2.24) is 0 Å². The van der Waals surface area contributed by atoms with Crippen molar-refractivity contribution in [3.05, 3.63) is 43.2 Å². The van der Waals surface area contributed by atoms with E-state index in [2.05, 4.69) is 33.8 Å². The summed E-state index contributed by atoms with van der Waals surface area (Å²) in [6.45, 7) is 8.68. The first-order valence-corrected chi connectivity index (χ1v) is 3.33. The Hall–Kier alpha value is 0.354. The third-order valence-electron chi connectivity index (χ3n) is 2.18. The van der Waals surface area contributed by atoms with E-state index in [1.807, 2.05) is 0 Å². The van der Waals surface area contributed by atoms with E-state index in [0.717, 1.165) is 0 Å². The van der Waals surface area contributed by atoms with Crippen molar-refractivity contribution < 1.29 is 34.1 Å². The van der Waals surface area contributed by atoms with Crippen LogP contribution in [0.1, 0.15) is 22.3 Å². The fraction of sp³-hybridized carbons (Fsp3) is 0.364. The van der Waals surface area contributed by atoms with Gasteiger partial charge in [0.05, 0.1) is 0 Å². The van der Waals surface area contributed by atoms with Gasteiger partial charge in [-0.2, -0.15) is 28.3 Å². The minimum absolute atomic E-state index is 0. The summed E-state index contributed by atoms with van der Waals surface area (Å²) in [4.78, 5) is 0. The number of rotatable bonds is 0. The van der Waals surface area contributed by atoms with Gasteiger partial charge in [0, 0.05) is 0 Å². The van der Waals surface area contributed by atoms with E-state index < -0.39 is 0 Å². The molecule has 1 aromatic rings. The van der Waals surface area contributed by atoms with Crippen molar-refractivity contribution in [2.24, 2.45) is 0 Å². The van der Waals surface area contributed by atoms with Gasteiger partial charge < -0.3 is 27.3 Å². The van der Waals surface area contributed by atoms with Crippen LogP contribution >= 0.6 is 0 Å². The summed E-state index contributed by atoms with van der Waals surface area (Å²) < 4.78 is 0. The summed E-state index contributed by atoms with van der Waals surface area (Å²) in [6.07, 6.45) is 0. The minimum atomic E-state index is 0. The van der Waals surface area contributed by atoms with E-state index in [1.54, 1.807) is 0 Å². The largest absolute Gasteiger partial charge is 4.00 e. The normalized spacial score (nSPS) is 7.08. The molecule has 2 heteroatoms. The molecule has 0 bridgehead atoms. The van der Waals surface area contributed by atoms with E-state index in [4.69, 9.17) is 0 Å². The second-order valence-corrected chi connectivity index (χ2v) is 2.76. The van der Waals surface area contributed by atoms with Crippen LogP contribution in [0.25, 0.3) is 0 Å². The van der Waals surface area contributed by atoms with Crippen LogP contribution in [0.2, 0.25) is 0 Å². The summed E-state index contributed by atoms with van der Waals surface area (Å²) in [6, 6.07) is 2.24. The summed E-state index contributed by atoms with van der Waals surface area (Å²) in [5, 5.41) is 0. The van der Waals surface area contributed by atoms with Crippen LogP contribution in [0.4, 0.5) is 0 Å². The van der Waals surface area contributed by atoms with Crippen molar-refractivity contribution in [1.29, 1.82) is 0 Å². The van der Waals surface area contributed by atoms with E-state index >= 15 is 0 Å². The van der Waals surface area contributed by atoms with Gasteiger partial charge in [0.15, 0.2) is 0 Å². The molecule has 0 spiro atoms. The van der Waals surface area contributed by atoms with Gasteiger partial charge >= 0.3 is 21.7 Å². The molecule has 0 aromatic heterocycles. The Morgan fingerprint density at radius 3 is 1.54 bits per heavy atom. The topological polar surface area (TPSA) is 0 Å². The molecular formula is C11H19ClTi. The molecule has 0 heterocycles. The van der Waals surface area contributed by atoms with Crippen molar-refractivity contribution in [3.8, 4) is 0 Å². The molecule has 0 atom stereocenters. The molecule has 0 nitrogen and oxygen atoms in total. The number of hydrogen-bond acceptors (Lipinski definition) is 0. The average Bonchev–Trinajstić information content (AvgIpc) is 1.98. The number of hydrogen-bond donors (Lipinski definition) is 0. The third kappa shape index (κ3) is 4.95. The molecule has 0 aliphatic carbocycles. The molecule has 1 rings (SSSR count). The van der Waals surface area contributed by atoms with Crippen LogP contribution in [0.5, 0.6) is 0 Å². The van der Waals surface area contributed by atoms with Gasteiger partial charge in [-0.1, -0.05) is 27.7 Å². The fourth-order valence-corrected chi connectivity index (χ4v) is 1.13. The molecule has 0 saturated carbocycles. The van der Waals surface area contributed by atoms with E-state index in [9.17, 15) is 0 Å². The van der Waals surface area contributed by atoms with Gasteiger partial charge in [0.25, 0.3) is 0 Å². The maximum Gasteiger partial charge on any atom is 4.00 e. The van der Waals surface area contributed by atoms with Gasteiger partial charge in [-0.3, -0.25) is 0 Å². The van der Waals surface area contributed by atoms with Gasteiger partial charge in [-0.05, 0) is 0 Å². The maximum atomic E-state index is 2.24. The maximum absolute atomic E-state index is 2.24. The first-order chi connectivity index (χ1) is 4.13. The predicted octanol–water partition coefficient (Wildman–Crippen LogP) is 0.541. The molecule has 0 saturated heterocycles. The van der Waals surface area contributed by atoms with Gasteiger partial charge in [-0.25, -0.2) is 0 Å². The zero-order valence-electron chi connectivity index (χ0n) is 9.46. The summed E-state index contributed by atoms with van der Waals surface area (Å²) in [5.74, 6) is 0. The second kappa shape index (κ2) is 8.93. The molecule has 1 aromatic carbocycles. The van der Waals surface area contributed by atoms with Crippen molar-refractivity contribution >= 4 is 0 Å². The SMILES string of the molecule is Cc1c[c-](C)c(C)c1C.[CH3-].[CH3-].[Cl-].[Ti+4]. The molecule has 74 valence electrons. The molecular weight excluding hydrogens is 215 g/mol. The van der Waals surface area contributed by atoms with Crippen LogP contribution in [-0.4, -0.2) is 0 Å². The molecule has 0 radical (unpaired) electrons. The zero-order chi connectivity index (χ0) is 7.02. The smallest absolute Gasteiger partial charge is 1.00 e. The molecule has 0 aliphatic heterocycles. The van der Waals surface area contributed by atoms with Crippen molar-refractivity contribution in [3.63, 3.8) is 0 Å². The first-order valence-electron chi connectivity index (χ1n) is 3.33. The van der Waals surface area contributed by atoms with E-state index in [-0.39, 0.29) is 49.0 Å². The van der Waals surface area contributed by atoms with Crippen molar-refractivity contribution in [2.45, 2.75) is 27.7 Å². The monoisotopic (exact) mass is 234 g/mol. The first kappa shape index (κ1) is 23.3. The van der Waals surface area contributed by atoms with Crippen LogP contribution < -0.4 is 12.4 Å². The number of aryl methyl sites for hydroxylation is 2. The fourth-order valence-electron chi connectivity index (χ4n) is 1.13. The summed E-state index contributed by atoms with van der Waals surface area (Å²) in [7, 11) is 0. The van der Waals surface area contributed by atoms with Gasteiger partial charge in [-0.15, -0.1) is 0 Å². The Labute approximate surface area is 105 Å². The number of halogens is 1. The van der Waals surface area contributed by atoms with Crippen LogP contribution in [-0.2, 0) is 21.7 Å². The van der Waals surface area contributed by atoms with E-state index in [1.165, 1.54) is 22.3 Å². The molecule has 0 N–H and O–H groups in total. The molecule has 0 amide bonds. The molecule has 0 unspecified atom stereocenters. The molecule has 0 fully saturated rings. The minimum Gasteiger partial charge on any atom is -1.00 e. The standard InChI is InChI=1S/C9H13.2CH3.ClH.Ti/c1-6-5-7(2)9(4)8(6)3;;;;/h5H,1-4H3;2*1H3;1H;/q3*-1;;+4/p-1.